The topological polar surface area (TPSA) is 58.4 Å². The van der Waals surface area contributed by atoms with Gasteiger partial charge < -0.3 is 16.0 Å². The fourth-order valence-electron chi connectivity index (χ4n) is 2.29. The average molecular weight is 265 g/mol. The van der Waals surface area contributed by atoms with Gasteiger partial charge in [-0.25, -0.2) is 4.39 Å². The molecule has 3 N–H and O–H groups in total. The minimum Gasteiger partial charge on any atom is -0.399 e. The number of nitrogens with zero attached hydrogens (tertiary/aromatic N) is 1. The number of nitrogens with one attached hydrogen (secondary N) is 1. The van der Waals surface area contributed by atoms with Crippen LogP contribution in [0.15, 0.2) is 18.2 Å². The zero-order chi connectivity index (χ0) is 13.7. The lowest BCUT2D eigenvalue weighted by molar-refractivity contribution is -0.116. The van der Waals surface area contributed by atoms with Gasteiger partial charge in [-0.05, 0) is 44.1 Å². The first-order chi connectivity index (χ1) is 9.15. The van der Waals surface area contributed by atoms with Crippen molar-refractivity contribution in [2.75, 3.05) is 30.7 Å². The number of carbonyl (C=O) groups excluding carboxylic acids is 1. The third kappa shape index (κ3) is 4.21. The highest BCUT2D eigenvalue weighted by molar-refractivity contribution is 5.91. The molecule has 0 bridgehead atoms. The zero-order valence-corrected chi connectivity index (χ0v) is 11.0. The number of nitrogen functional groups attached to an aromatic ring is 1. The van der Waals surface area contributed by atoms with Crippen molar-refractivity contribution >= 4 is 17.3 Å². The maximum absolute atomic E-state index is 13.4. The number of nitrogens with two attached hydrogens (primary N) is 1. The van der Waals surface area contributed by atoms with Gasteiger partial charge in [-0.15, -0.1) is 0 Å². The summed E-state index contributed by atoms with van der Waals surface area (Å²) < 4.78 is 13.4. The SMILES string of the molecule is Nc1ccc(F)c(NC(=O)CCN2CCCCC2)c1. The van der Waals surface area contributed by atoms with Gasteiger partial charge in [0.15, 0.2) is 0 Å². The smallest absolute Gasteiger partial charge is 0.225 e. The van der Waals surface area contributed by atoms with Gasteiger partial charge in [-0.2, -0.15) is 0 Å². The lowest BCUT2D eigenvalue weighted by Gasteiger charge is -2.25. The first-order valence-corrected chi connectivity index (χ1v) is 6.72. The van der Waals surface area contributed by atoms with Crippen molar-refractivity contribution in [3.63, 3.8) is 0 Å². The number of hydrogen-bond acceptors (Lipinski definition) is 3. The number of anilines is 2. The highest BCUT2D eigenvalue weighted by Gasteiger charge is 2.12. The van der Waals surface area contributed by atoms with E-state index < -0.39 is 5.82 Å². The van der Waals surface area contributed by atoms with E-state index in [-0.39, 0.29) is 11.6 Å². The van der Waals surface area contributed by atoms with Crippen LogP contribution in [0.1, 0.15) is 25.7 Å². The summed E-state index contributed by atoms with van der Waals surface area (Å²) in [7, 11) is 0. The molecule has 0 saturated carbocycles. The van der Waals surface area contributed by atoms with E-state index in [9.17, 15) is 9.18 Å². The van der Waals surface area contributed by atoms with E-state index in [0.717, 1.165) is 19.6 Å². The summed E-state index contributed by atoms with van der Waals surface area (Å²) in [5.41, 5.74) is 6.16. The largest absolute Gasteiger partial charge is 0.399 e. The van der Waals surface area contributed by atoms with E-state index in [1.54, 1.807) is 0 Å². The number of amides is 1. The van der Waals surface area contributed by atoms with Crippen molar-refractivity contribution in [1.29, 1.82) is 0 Å². The molecule has 4 nitrogen and oxygen atoms in total. The van der Waals surface area contributed by atoms with E-state index in [0.29, 0.717) is 12.1 Å². The Kier molecular flexibility index (Phi) is 4.74. The molecular weight excluding hydrogens is 245 g/mol. The van der Waals surface area contributed by atoms with Gasteiger partial charge in [0.05, 0.1) is 5.69 Å². The molecule has 1 fully saturated rings. The second-order valence-corrected chi connectivity index (χ2v) is 4.94. The van der Waals surface area contributed by atoms with Crippen LogP contribution >= 0.6 is 0 Å². The normalized spacial score (nSPS) is 16.3. The number of carbonyl (C=O) groups is 1. The molecule has 1 aliphatic rings. The fraction of sp³-hybridized carbons (Fsp3) is 0.500. The van der Waals surface area contributed by atoms with Gasteiger partial charge in [0.2, 0.25) is 5.91 Å². The molecule has 1 amide bonds. The Bertz CT molecular complexity index is 444. The van der Waals surface area contributed by atoms with Crippen LogP contribution in [0.25, 0.3) is 0 Å². The maximum Gasteiger partial charge on any atom is 0.225 e. The van der Waals surface area contributed by atoms with E-state index >= 15 is 0 Å². The van der Waals surface area contributed by atoms with Crippen molar-refractivity contribution in [3.8, 4) is 0 Å². The number of hydrogen-bond donors (Lipinski definition) is 2. The highest BCUT2D eigenvalue weighted by atomic mass is 19.1. The summed E-state index contributed by atoms with van der Waals surface area (Å²) in [5, 5.41) is 2.57. The van der Waals surface area contributed by atoms with Gasteiger partial charge in [-0.3, -0.25) is 4.79 Å². The van der Waals surface area contributed by atoms with Crippen LogP contribution in [0.2, 0.25) is 0 Å². The van der Waals surface area contributed by atoms with E-state index in [1.807, 2.05) is 0 Å². The molecule has 0 atom stereocenters. The number of benzene rings is 1. The summed E-state index contributed by atoms with van der Waals surface area (Å²) in [6, 6.07) is 4.17. The summed E-state index contributed by atoms with van der Waals surface area (Å²) >= 11 is 0. The van der Waals surface area contributed by atoms with E-state index in [4.69, 9.17) is 5.73 Å². The van der Waals surface area contributed by atoms with Crippen LogP contribution in [0.3, 0.4) is 0 Å². The molecule has 5 heteroatoms. The van der Waals surface area contributed by atoms with Crippen LogP contribution < -0.4 is 11.1 Å². The van der Waals surface area contributed by atoms with Crippen LogP contribution in [0, 0.1) is 5.82 Å². The molecule has 1 aliphatic heterocycles. The standard InChI is InChI=1S/C14H20FN3O/c15-12-5-4-11(16)10-13(12)17-14(19)6-9-18-7-2-1-3-8-18/h4-5,10H,1-3,6-9,16H2,(H,17,19). The average Bonchev–Trinajstić information content (AvgIpc) is 2.42. The van der Waals surface area contributed by atoms with Gasteiger partial charge in [0.25, 0.3) is 0 Å². The molecule has 1 saturated heterocycles. The predicted octanol–water partition coefficient (Wildman–Crippen LogP) is 2.22. The Morgan fingerprint density at radius 3 is 2.79 bits per heavy atom. The Hall–Kier alpha value is -1.62. The molecule has 0 radical (unpaired) electrons. The number of likely N-dealkylation sites (tertiary alicyclic amines) is 1. The van der Waals surface area contributed by atoms with Crippen molar-refractivity contribution in [1.82, 2.24) is 4.90 Å². The minimum atomic E-state index is -0.458. The third-order valence-corrected chi connectivity index (χ3v) is 3.37. The quantitative estimate of drug-likeness (QED) is 0.821. The lowest BCUT2D eigenvalue weighted by Crippen LogP contribution is -2.32. The summed E-state index contributed by atoms with van der Waals surface area (Å²) in [6.45, 7) is 2.84. The first-order valence-electron chi connectivity index (χ1n) is 6.72. The number of rotatable bonds is 4. The van der Waals surface area contributed by atoms with Crippen molar-refractivity contribution in [3.05, 3.63) is 24.0 Å². The van der Waals surface area contributed by atoms with Gasteiger partial charge in [0, 0.05) is 18.7 Å². The Balaban J connectivity index is 1.81. The van der Waals surface area contributed by atoms with Gasteiger partial charge in [-0.1, -0.05) is 6.42 Å². The summed E-state index contributed by atoms with van der Waals surface area (Å²) in [4.78, 5) is 14.0. The van der Waals surface area contributed by atoms with Crippen molar-refractivity contribution < 1.29 is 9.18 Å². The lowest BCUT2D eigenvalue weighted by atomic mass is 10.1. The molecule has 0 aromatic heterocycles. The summed E-state index contributed by atoms with van der Waals surface area (Å²) in [5.74, 6) is -0.629. The van der Waals surface area contributed by atoms with Crippen LogP contribution in [0.4, 0.5) is 15.8 Å². The van der Waals surface area contributed by atoms with Crippen LogP contribution in [-0.4, -0.2) is 30.4 Å². The molecule has 0 spiro atoms. The predicted molar refractivity (Wildman–Crippen MR) is 74.4 cm³/mol. The Labute approximate surface area is 112 Å². The van der Waals surface area contributed by atoms with Gasteiger partial charge >= 0.3 is 0 Å². The van der Waals surface area contributed by atoms with Crippen LogP contribution in [0.5, 0.6) is 0 Å². The fourth-order valence-corrected chi connectivity index (χ4v) is 2.29. The maximum atomic E-state index is 13.4. The highest BCUT2D eigenvalue weighted by Crippen LogP contribution is 2.17. The van der Waals surface area contributed by atoms with Gasteiger partial charge in [0.1, 0.15) is 5.82 Å². The second kappa shape index (κ2) is 6.52. The summed E-state index contributed by atoms with van der Waals surface area (Å²) in [6.07, 6.45) is 4.06. The molecule has 1 heterocycles. The molecular formula is C14H20FN3O. The molecule has 1 aromatic rings. The molecule has 2 rings (SSSR count). The minimum absolute atomic E-state index is 0.156. The second-order valence-electron chi connectivity index (χ2n) is 4.94. The van der Waals surface area contributed by atoms with E-state index in [1.165, 1.54) is 37.5 Å². The molecule has 0 aliphatic carbocycles. The monoisotopic (exact) mass is 265 g/mol. The Morgan fingerprint density at radius 2 is 2.05 bits per heavy atom. The number of piperidine rings is 1. The zero-order valence-electron chi connectivity index (χ0n) is 11.0. The number of halogens is 1. The molecule has 19 heavy (non-hydrogen) atoms. The first kappa shape index (κ1) is 13.8. The third-order valence-electron chi connectivity index (χ3n) is 3.37. The van der Waals surface area contributed by atoms with Crippen LogP contribution in [-0.2, 0) is 4.79 Å². The van der Waals surface area contributed by atoms with E-state index in [2.05, 4.69) is 10.2 Å². The molecule has 0 unspecified atom stereocenters. The van der Waals surface area contributed by atoms with Crippen molar-refractivity contribution in [2.45, 2.75) is 25.7 Å². The Morgan fingerprint density at radius 1 is 1.32 bits per heavy atom. The molecule has 1 aromatic carbocycles. The molecule has 104 valence electrons. The van der Waals surface area contributed by atoms with Crippen molar-refractivity contribution in [2.24, 2.45) is 0 Å².